The lowest BCUT2D eigenvalue weighted by molar-refractivity contribution is 0.177. The van der Waals surface area contributed by atoms with Crippen molar-refractivity contribution in [3.05, 3.63) is 47.0 Å². The molecule has 0 radical (unpaired) electrons. The lowest BCUT2D eigenvalue weighted by Crippen LogP contribution is -2.46. The van der Waals surface area contributed by atoms with Gasteiger partial charge in [0.15, 0.2) is 15.3 Å². The third-order valence-electron chi connectivity index (χ3n) is 6.62. The van der Waals surface area contributed by atoms with Gasteiger partial charge < -0.3 is 0 Å². The highest BCUT2D eigenvalue weighted by molar-refractivity contribution is 7.84. The van der Waals surface area contributed by atoms with Crippen LogP contribution in [0.4, 0.5) is 0 Å². The SMILES string of the molecule is CC(Cc1csc(S(=O)N(C2CCCCC2)C2CCCCC2)n1)c1ccccc1. The van der Waals surface area contributed by atoms with Crippen molar-refractivity contribution < 1.29 is 4.21 Å². The van der Waals surface area contributed by atoms with Crippen LogP contribution in [0.25, 0.3) is 0 Å². The number of nitrogens with zero attached hydrogens (tertiary/aromatic N) is 2. The molecule has 158 valence electrons. The van der Waals surface area contributed by atoms with Crippen LogP contribution in [0.15, 0.2) is 40.1 Å². The molecule has 0 aliphatic heterocycles. The summed E-state index contributed by atoms with van der Waals surface area (Å²) in [4.78, 5) is 4.86. The third kappa shape index (κ3) is 5.36. The molecule has 1 aromatic carbocycles. The average Bonchev–Trinajstić information content (AvgIpc) is 3.24. The minimum Gasteiger partial charge on any atom is -0.235 e. The van der Waals surface area contributed by atoms with Gasteiger partial charge in [-0.3, -0.25) is 0 Å². The normalized spacial score (nSPS) is 21.3. The first-order valence-electron chi connectivity index (χ1n) is 11.4. The van der Waals surface area contributed by atoms with E-state index in [-0.39, 0.29) is 0 Å². The lowest BCUT2D eigenvalue weighted by atomic mass is 9.91. The number of thiazole rings is 1. The highest BCUT2D eigenvalue weighted by Crippen LogP contribution is 2.34. The van der Waals surface area contributed by atoms with E-state index in [9.17, 15) is 4.21 Å². The molecule has 2 fully saturated rings. The molecule has 0 N–H and O–H groups in total. The summed E-state index contributed by atoms with van der Waals surface area (Å²) in [5.41, 5.74) is 2.43. The second kappa shape index (κ2) is 10.3. The predicted octanol–water partition coefficient (Wildman–Crippen LogP) is 6.48. The van der Waals surface area contributed by atoms with E-state index in [1.54, 1.807) is 11.3 Å². The quantitative estimate of drug-likeness (QED) is 0.504. The van der Waals surface area contributed by atoms with Crippen LogP contribution in [0.1, 0.15) is 88.3 Å². The Morgan fingerprint density at radius 2 is 1.59 bits per heavy atom. The molecule has 4 rings (SSSR count). The van der Waals surface area contributed by atoms with E-state index in [0.717, 1.165) is 16.5 Å². The number of rotatable bonds is 7. The zero-order valence-electron chi connectivity index (χ0n) is 17.6. The average molecular weight is 431 g/mol. The topological polar surface area (TPSA) is 33.2 Å². The van der Waals surface area contributed by atoms with Crippen LogP contribution < -0.4 is 0 Å². The molecule has 0 amide bonds. The first kappa shape index (κ1) is 21.2. The molecule has 29 heavy (non-hydrogen) atoms. The fourth-order valence-electron chi connectivity index (χ4n) is 5.01. The minimum absolute atomic E-state index is 0.423. The van der Waals surface area contributed by atoms with Gasteiger partial charge in [0, 0.05) is 17.5 Å². The maximum absolute atomic E-state index is 13.7. The van der Waals surface area contributed by atoms with Gasteiger partial charge in [0.05, 0.1) is 5.69 Å². The van der Waals surface area contributed by atoms with Crippen molar-refractivity contribution in [3.8, 4) is 0 Å². The van der Waals surface area contributed by atoms with Crippen LogP contribution in [0.5, 0.6) is 0 Å². The van der Waals surface area contributed by atoms with E-state index < -0.39 is 11.0 Å². The van der Waals surface area contributed by atoms with Gasteiger partial charge in [-0.1, -0.05) is 75.8 Å². The highest BCUT2D eigenvalue weighted by Gasteiger charge is 2.34. The van der Waals surface area contributed by atoms with E-state index in [0.29, 0.717) is 18.0 Å². The van der Waals surface area contributed by atoms with Crippen molar-refractivity contribution in [2.45, 2.75) is 99.9 Å². The molecule has 2 aromatic rings. The summed E-state index contributed by atoms with van der Waals surface area (Å²) in [6, 6.07) is 11.6. The Morgan fingerprint density at radius 3 is 2.17 bits per heavy atom. The molecule has 1 heterocycles. The Balaban J connectivity index is 1.48. The van der Waals surface area contributed by atoms with Gasteiger partial charge in [-0.05, 0) is 43.6 Å². The number of hydrogen-bond acceptors (Lipinski definition) is 3. The molecular formula is C24H34N2OS2. The van der Waals surface area contributed by atoms with Crippen molar-refractivity contribution >= 4 is 22.3 Å². The van der Waals surface area contributed by atoms with Gasteiger partial charge in [-0.15, -0.1) is 11.3 Å². The van der Waals surface area contributed by atoms with Crippen LogP contribution in [-0.2, 0) is 17.4 Å². The summed E-state index contributed by atoms with van der Waals surface area (Å²) in [6.07, 6.45) is 13.5. The fraction of sp³-hybridized carbons (Fsp3) is 0.625. The number of benzene rings is 1. The zero-order chi connectivity index (χ0) is 20.1. The maximum atomic E-state index is 13.7. The minimum atomic E-state index is -1.11. The van der Waals surface area contributed by atoms with Gasteiger partial charge in [-0.25, -0.2) is 13.5 Å². The zero-order valence-corrected chi connectivity index (χ0v) is 19.2. The molecule has 0 saturated heterocycles. The molecule has 5 heteroatoms. The van der Waals surface area contributed by atoms with Crippen molar-refractivity contribution in [3.63, 3.8) is 0 Å². The molecule has 1 aromatic heterocycles. The van der Waals surface area contributed by atoms with Gasteiger partial charge in [-0.2, -0.15) is 0 Å². The Bertz CT molecular complexity index is 761. The van der Waals surface area contributed by atoms with Crippen molar-refractivity contribution in [1.29, 1.82) is 0 Å². The lowest BCUT2D eigenvalue weighted by Gasteiger charge is -2.39. The van der Waals surface area contributed by atoms with E-state index in [1.165, 1.54) is 69.8 Å². The smallest absolute Gasteiger partial charge is 0.196 e. The number of aromatic nitrogens is 1. The van der Waals surface area contributed by atoms with Crippen molar-refractivity contribution in [2.75, 3.05) is 0 Å². The first-order chi connectivity index (χ1) is 14.2. The summed E-state index contributed by atoms with van der Waals surface area (Å²) >= 11 is 1.60. The summed E-state index contributed by atoms with van der Waals surface area (Å²) in [5.74, 6) is 0.423. The molecular weight excluding hydrogens is 396 g/mol. The summed E-state index contributed by atoms with van der Waals surface area (Å²) < 4.78 is 16.9. The van der Waals surface area contributed by atoms with Crippen LogP contribution in [0, 0.1) is 0 Å². The molecule has 2 aliphatic rings. The highest BCUT2D eigenvalue weighted by atomic mass is 32.2. The van der Waals surface area contributed by atoms with Gasteiger partial charge >= 0.3 is 0 Å². The summed E-state index contributed by atoms with van der Waals surface area (Å²) in [5, 5.41) is 2.13. The summed E-state index contributed by atoms with van der Waals surface area (Å²) in [7, 11) is -1.11. The Kier molecular flexibility index (Phi) is 7.54. The van der Waals surface area contributed by atoms with Crippen LogP contribution >= 0.6 is 11.3 Å². The van der Waals surface area contributed by atoms with Gasteiger partial charge in [0.1, 0.15) is 0 Å². The maximum Gasteiger partial charge on any atom is 0.196 e. The molecule has 2 aliphatic carbocycles. The Morgan fingerprint density at radius 1 is 1.00 bits per heavy atom. The largest absolute Gasteiger partial charge is 0.235 e. The van der Waals surface area contributed by atoms with Gasteiger partial charge in [0.25, 0.3) is 0 Å². The summed E-state index contributed by atoms with van der Waals surface area (Å²) in [6.45, 7) is 2.25. The Hall–Kier alpha value is -1.04. The monoisotopic (exact) mass is 430 g/mol. The molecule has 2 saturated carbocycles. The van der Waals surface area contributed by atoms with E-state index in [1.807, 2.05) is 0 Å². The third-order valence-corrected chi connectivity index (χ3v) is 9.39. The van der Waals surface area contributed by atoms with Gasteiger partial charge in [0.2, 0.25) is 0 Å². The van der Waals surface area contributed by atoms with Crippen LogP contribution in [-0.4, -0.2) is 25.6 Å². The predicted molar refractivity (Wildman–Crippen MR) is 123 cm³/mol. The fourth-order valence-corrected chi connectivity index (χ4v) is 7.63. The Labute approximate surface area is 182 Å². The molecule has 0 bridgehead atoms. The second-order valence-electron chi connectivity index (χ2n) is 8.81. The van der Waals surface area contributed by atoms with Crippen LogP contribution in [0.3, 0.4) is 0 Å². The molecule has 2 unspecified atom stereocenters. The molecule has 0 spiro atoms. The second-order valence-corrected chi connectivity index (χ2v) is 11.2. The van der Waals surface area contributed by atoms with Crippen molar-refractivity contribution in [2.24, 2.45) is 0 Å². The van der Waals surface area contributed by atoms with Crippen LogP contribution in [0.2, 0.25) is 0 Å². The van der Waals surface area contributed by atoms with E-state index in [4.69, 9.17) is 4.98 Å². The standard InChI is InChI=1S/C24H34N2OS2/c1-19(20-11-5-2-6-12-20)17-21-18-28-24(25-21)29(27)26(22-13-7-3-8-14-22)23-15-9-4-10-16-23/h2,5-6,11-12,18-19,22-23H,3-4,7-10,13-17H2,1H3. The van der Waals surface area contributed by atoms with E-state index in [2.05, 4.69) is 46.9 Å². The first-order valence-corrected chi connectivity index (χ1v) is 13.4. The number of hydrogen-bond donors (Lipinski definition) is 0. The van der Waals surface area contributed by atoms with E-state index >= 15 is 0 Å². The molecule has 3 nitrogen and oxygen atoms in total. The van der Waals surface area contributed by atoms with Crippen molar-refractivity contribution in [1.82, 2.24) is 9.29 Å². The molecule has 2 atom stereocenters.